The Hall–Kier alpha value is -0.820. The Morgan fingerprint density at radius 1 is 1.25 bits per heavy atom. The van der Waals surface area contributed by atoms with Crippen LogP contribution in [0.3, 0.4) is 0 Å². The summed E-state index contributed by atoms with van der Waals surface area (Å²) in [7, 11) is 0. The smallest absolute Gasteiger partial charge is 0.0922 e. The van der Waals surface area contributed by atoms with Crippen LogP contribution in [0.4, 0.5) is 0 Å². The molecule has 1 aliphatic carbocycles. The second-order valence-electron chi connectivity index (χ2n) is 7.99. The summed E-state index contributed by atoms with van der Waals surface area (Å²) in [4.78, 5) is 0. The Bertz CT molecular complexity index is 461. The van der Waals surface area contributed by atoms with E-state index in [1.807, 2.05) is 0 Å². The van der Waals surface area contributed by atoms with Crippen molar-refractivity contribution in [1.82, 2.24) is 0 Å². The highest BCUT2D eigenvalue weighted by Crippen LogP contribution is 2.48. The molecule has 1 aromatic carbocycles. The molecule has 2 unspecified atom stereocenters. The Labute approximate surface area is 124 Å². The molecule has 1 heteroatoms. The van der Waals surface area contributed by atoms with Gasteiger partial charge in [0.1, 0.15) is 0 Å². The molecule has 112 valence electrons. The van der Waals surface area contributed by atoms with E-state index in [1.54, 1.807) is 0 Å². The zero-order valence-corrected chi connectivity index (χ0v) is 13.7. The van der Waals surface area contributed by atoms with E-state index in [1.165, 1.54) is 5.56 Å². The number of hydrogen-bond donors (Lipinski definition) is 1. The minimum absolute atomic E-state index is 0.320. The largest absolute Gasteiger partial charge is 0.385 e. The lowest BCUT2D eigenvalue weighted by Crippen LogP contribution is -2.41. The fourth-order valence-electron chi connectivity index (χ4n) is 3.74. The molecule has 2 atom stereocenters. The van der Waals surface area contributed by atoms with Crippen LogP contribution in [0.1, 0.15) is 65.0 Å². The first-order valence-electron chi connectivity index (χ1n) is 8.05. The summed E-state index contributed by atoms with van der Waals surface area (Å²) >= 11 is 0. The molecule has 0 saturated heterocycles. The third-order valence-electron chi connectivity index (χ3n) is 4.93. The van der Waals surface area contributed by atoms with Crippen molar-refractivity contribution in [3.63, 3.8) is 0 Å². The maximum Gasteiger partial charge on any atom is 0.0922 e. The van der Waals surface area contributed by atoms with Gasteiger partial charge in [0, 0.05) is 0 Å². The van der Waals surface area contributed by atoms with E-state index < -0.39 is 5.60 Å². The highest BCUT2D eigenvalue weighted by molar-refractivity contribution is 5.30. The molecular formula is C19H30O. The quantitative estimate of drug-likeness (QED) is 0.829. The third-order valence-corrected chi connectivity index (χ3v) is 4.93. The van der Waals surface area contributed by atoms with E-state index in [-0.39, 0.29) is 0 Å². The van der Waals surface area contributed by atoms with E-state index in [2.05, 4.69) is 58.9 Å². The van der Waals surface area contributed by atoms with Gasteiger partial charge in [0.05, 0.1) is 5.60 Å². The zero-order valence-electron chi connectivity index (χ0n) is 13.7. The highest BCUT2D eigenvalue weighted by Gasteiger charge is 2.43. The SMILES string of the molecule is CC(C)Cc1cccc(C2(O)CCC(C)(C)CC2C)c1. The van der Waals surface area contributed by atoms with Crippen molar-refractivity contribution >= 4 is 0 Å². The van der Waals surface area contributed by atoms with Crippen LogP contribution in [0, 0.1) is 17.3 Å². The standard InChI is InChI=1S/C19H30O/c1-14(2)11-16-7-6-8-17(12-16)19(20)10-9-18(4,5)13-15(19)3/h6-8,12,14-15,20H,9-11,13H2,1-5H3. The molecule has 0 radical (unpaired) electrons. The minimum Gasteiger partial charge on any atom is -0.385 e. The van der Waals surface area contributed by atoms with Gasteiger partial charge in [0.15, 0.2) is 0 Å². The maximum atomic E-state index is 11.2. The van der Waals surface area contributed by atoms with Gasteiger partial charge in [-0.15, -0.1) is 0 Å². The fourth-order valence-corrected chi connectivity index (χ4v) is 3.74. The Morgan fingerprint density at radius 2 is 1.95 bits per heavy atom. The van der Waals surface area contributed by atoms with Gasteiger partial charge in [0.2, 0.25) is 0 Å². The van der Waals surface area contributed by atoms with Crippen molar-refractivity contribution in [1.29, 1.82) is 0 Å². The van der Waals surface area contributed by atoms with Crippen LogP contribution in [0.5, 0.6) is 0 Å². The molecular weight excluding hydrogens is 244 g/mol. The van der Waals surface area contributed by atoms with Crippen LogP contribution >= 0.6 is 0 Å². The first-order valence-corrected chi connectivity index (χ1v) is 8.05. The molecule has 20 heavy (non-hydrogen) atoms. The molecule has 0 spiro atoms. The summed E-state index contributed by atoms with van der Waals surface area (Å²) in [5.41, 5.74) is 2.20. The normalized spacial score (nSPS) is 29.6. The first-order chi connectivity index (χ1) is 9.23. The molecule has 1 N–H and O–H groups in total. The fraction of sp³-hybridized carbons (Fsp3) is 0.684. The Morgan fingerprint density at radius 3 is 2.55 bits per heavy atom. The second-order valence-corrected chi connectivity index (χ2v) is 7.99. The first kappa shape index (κ1) is 15.6. The summed E-state index contributed by atoms with van der Waals surface area (Å²) in [6, 6.07) is 8.63. The number of aliphatic hydroxyl groups is 1. The van der Waals surface area contributed by atoms with Crippen molar-refractivity contribution in [2.45, 2.75) is 65.9 Å². The van der Waals surface area contributed by atoms with Crippen LogP contribution in [0.15, 0.2) is 24.3 Å². The Balaban J connectivity index is 2.26. The van der Waals surface area contributed by atoms with E-state index in [0.29, 0.717) is 17.3 Å². The molecule has 0 aromatic heterocycles. The average Bonchev–Trinajstić information content (AvgIpc) is 2.33. The van der Waals surface area contributed by atoms with Crippen LogP contribution < -0.4 is 0 Å². The van der Waals surface area contributed by atoms with E-state index in [4.69, 9.17) is 0 Å². The van der Waals surface area contributed by atoms with E-state index in [0.717, 1.165) is 31.2 Å². The summed E-state index contributed by atoms with van der Waals surface area (Å²) in [5, 5.41) is 11.2. The monoisotopic (exact) mass is 274 g/mol. The van der Waals surface area contributed by atoms with Crippen molar-refractivity contribution in [2.24, 2.45) is 17.3 Å². The molecule has 0 heterocycles. The molecule has 0 bridgehead atoms. The van der Waals surface area contributed by atoms with Crippen molar-refractivity contribution in [3.8, 4) is 0 Å². The predicted molar refractivity (Wildman–Crippen MR) is 85.7 cm³/mol. The van der Waals surface area contributed by atoms with Crippen molar-refractivity contribution < 1.29 is 5.11 Å². The predicted octanol–water partition coefficient (Wildman–Crippen LogP) is 4.92. The van der Waals surface area contributed by atoms with E-state index >= 15 is 0 Å². The molecule has 1 saturated carbocycles. The lowest BCUT2D eigenvalue weighted by Gasteiger charge is -2.45. The second kappa shape index (κ2) is 5.52. The molecule has 1 nitrogen and oxygen atoms in total. The van der Waals surface area contributed by atoms with Gasteiger partial charge < -0.3 is 5.11 Å². The van der Waals surface area contributed by atoms with Gasteiger partial charge >= 0.3 is 0 Å². The number of rotatable bonds is 3. The number of benzene rings is 1. The van der Waals surface area contributed by atoms with Crippen molar-refractivity contribution in [3.05, 3.63) is 35.4 Å². The third kappa shape index (κ3) is 3.25. The summed E-state index contributed by atoms with van der Waals surface area (Å²) < 4.78 is 0. The number of hydrogen-bond acceptors (Lipinski definition) is 1. The van der Waals surface area contributed by atoms with Gasteiger partial charge in [-0.3, -0.25) is 0 Å². The molecule has 0 aliphatic heterocycles. The van der Waals surface area contributed by atoms with Crippen LogP contribution in [-0.4, -0.2) is 5.11 Å². The van der Waals surface area contributed by atoms with Crippen LogP contribution in [0.2, 0.25) is 0 Å². The molecule has 1 fully saturated rings. The van der Waals surface area contributed by atoms with Gasteiger partial charge in [0.25, 0.3) is 0 Å². The van der Waals surface area contributed by atoms with Gasteiger partial charge in [-0.1, -0.05) is 58.9 Å². The molecule has 1 aliphatic rings. The molecule has 0 amide bonds. The maximum absolute atomic E-state index is 11.2. The zero-order chi connectivity index (χ0) is 15.0. The Kier molecular flexibility index (Phi) is 4.30. The molecule has 1 aromatic rings. The van der Waals surface area contributed by atoms with Crippen LogP contribution in [-0.2, 0) is 12.0 Å². The van der Waals surface area contributed by atoms with E-state index in [9.17, 15) is 5.11 Å². The van der Waals surface area contributed by atoms with Crippen LogP contribution in [0.25, 0.3) is 0 Å². The minimum atomic E-state index is -0.636. The molecule has 2 rings (SSSR count). The summed E-state index contributed by atoms with van der Waals surface area (Å²) in [6.07, 6.45) is 4.16. The lowest BCUT2D eigenvalue weighted by molar-refractivity contribution is -0.0770. The topological polar surface area (TPSA) is 20.2 Å². The van der Waals surface area contributed by atoms with Gasteiger partial charge in [-0.05, 0) is 54.1 Å². The average molecular weight is 274 g/mol. The highest BCUT2D eigenvalue weighted by atomic mass is 16.3. The summed E-state index contributed by atoms with van der Waals surface area (Å²) in [6.45, 7) is 11.3. The van der Waals surface area contributed by atoms with Gasteiger partial charge in [-0.2, -0.15) is 0 Å². The van der Waals surface area contributed by atoms with Gasteiger partial charge in [-0.25, -0.2) is 0 Å². The lowest BCUT2D eigenvalue weighted by atomic mass is 9.63. The van der Waals surface area contributed by atoms with Crippen molar-refractivity contribution in [2.75, 3.05) is 0 Å². The summed E-state index contributed by atoms with van der Waals surface area (Å²) in [5.74, 6) is 0.975.